The van der Waals surface area contributed by atoms with Crippen molar-refractivity contribution >= 4 is 27.3 Å². The third-order valence-electron chi connectivity index (χ3n) is 4.47. The van der Waals surface area contributed by atoms with E-state index in [0.717, 1.165) is 24.3 Å². The maximum Gasteiger partial charge on any atom is 0.262 e. The number of sulfonamides is 1. The van der Waals surface area contributed by atoms with Crippen LogP contribution in [0.4, 0.5) is 15.8 Å². The van der Waals surface area contributed by atoms with E-state index in [1.54, 1.807) is 24.3 Å². The number of anilines is 2. The van der Waals surface area contributed by atoms with Crippen molar-refractivity contribution in [1.82, 2.24) is 0 Å². The maximum absolute atomic E-state index is 13.1. The van der Waals surface area contributed by atoms with Crippen molar-refractivity contribution in [3.63, 3.8) is 0 Å². The summed E-state index contributed by atoms with van der Waals surface area (Å²) in [5.41, 5.74) is 0.695. The minimum Gasteiger partial charge on any atom is -0.495 e. The van der Waals surface area contributed by atoms with Crippen molar-refractivity contribution in [3.05, 3.63) is 72.0 Å². The van der Waals surface area contributed by atoms with Crippen molar-refractivity contribution in [2.24, 2.45) is 0 Å². The van der Waals surface area contributed by atoms with Gasteiger partial charge in [-0.25, -0.2) is 12.8 Å². The van der Waals surface area contributed by atoms with Gasteiger partial charge in [0.2, 0.25) is 6.79 Å². The van der Waals surface area contributed by atoms with E-state index >= 15 is 0 Å². The summed E-state index contributed by atoms with van der Waals surface area (Å²) in [6, 6.07) is 13.8. The molecule has 1 amide bonds. The Labute approximate surface area is 177 Å². The Hall–Kier alpha value is -3.79. The highest BCUT2D eigenvalue weighted by Gasteiger charge is 2.22. The lowest BCUT2D eigenvalue weighted by atomic mass is 10.1. The smallest absolute Gasteiger partial charge is 0.262 e. The Balaban J connectivity index is 1.60. The number of fused-ring (bicyclic) bond motifs is 1. The van der Waals surface area contributed by atoms with Gasteiger partial charge >= 0.3 is 0 Å². The number of nitrogens with one attached hydrogen (secondary N) is 2. The van der Waals surface area contributed by atoms with E-state index in [1.807, 2.05) is 0 Å². The van der Waals surface area contributed by atoms with Crippen LogP contribution in [0.3, 0.4) is 0 Å². The molecule has 4 rings (SSSR count). The Morgan fingerprint density at radius 3 is 2.58 bits per heavy atom. The third kappa shape index (κ3) is 4.24. The van der Waals surface area contributed by atoms with Crippen LogP contribution in [0.5, 0.6) is 17.2 Å². The Kier molecular flexibility index (Phi) is 5.38. The number of benzene rings is 3. The second kappa shape index (κ2) is 8.15. The molecular formula is C21H17FN2O6S. The molecule has 1 heterocycles. The van der Waals surface area contributed by atoms with Gasteiger partial charge in [-0.1, -0.05) is 6.07 Å². The summed E-state index contributed by atoms with van der Waals surface area (Å²) in [7, 11) is -2.63. The lowest BCUT2D eigenvalue weighted by molar-refractivity contribution is 0.102. The van der Waals surface area contributed by atoms with Crippen LogP contribution in [0.15, 0.2) is 65.6 Å². The molecule has 0 atom stereocenters. The van der Waals surface area contributed by atoms with Crippen LogP contribution in [0.2, 0.25) is 0 Å². The molecule has 10 heteroatoms. The largest absolute Gasteiger partial charge is 0.495 e. The first-order valence-corrected chi connectivity index (χ1v) is 10.5. The van der Waals surface area contributed by atoms with Crippen LogP contribution in [0.1, 0.15) is 10.4 Å². The Morgan fingerprint density at radius 1 is 1.06 bits per heavy atom. The summed E-state index contributed by atoms with van der Waals surface area (Å²) in [5, 5.41) is 2.70. The molecule has 0 radical (unpaired) electrons. The molecule has 0 aliphatic carbocycles. The number of amides is 1. The van der Waals surface area contributed by atoms with Crippen LogP contribution in [0.25, 0.3) is 0 Å². The van der Waals surface area contributed by atoms with E-state index in [4.69, 9.17) is 14.2 Å². The van der Waals surface area contributed by atoms with Crippen molar-refractivity contribution in [3.8, 4) is 17.2 Å². The average molecular weight is 444 g/mol. The molecule has 160 valence electrons. The fourth-order valence-electron chi connectivity index (χ4n) is 2.99. The monoisotopic (exact) mass is 444 g/mol. The highest BCUT2D eigenvalue weighted by Crippen LogP contribution is 2.36. The molecule has 3 aromatic carbocycles. The number of hydrogen-bond acceptors (Lipinski definition) is 6. The molecule has 2 N–H and O–H groups in total. The summed E-state index contributed by atoms with van der Waals surface area (Å²) in [6.07, 6.45) is 0. The van der Waals surface area contributed by atoms with Gasteiger partial charge in [0.1, 0.15) is 11.6 Å². The standard InChI is InChI=1S/C21H17FN2O6S/c1-28-18-10-7-14(23-21(25)16-3-2-4-19-20(16)30-12-29-19)11-17(18)24-31(26,27)15-8-5-13(22)6-9-15/h2-11,24H,12H2,1H3,(H,23,25). The van der Waals surface area contributed by atoms with Gasteiger partial charge in [0.25, 0.3) is 15.9 Å². The quantitative estimate of drug-likeness (QED) is 0.602. The number of para-hydroxylation sites is 1. The zero-order valence-corrected chi connectivity index (χ0v) is 17.0. The minimum atomic E-state index is -4.01. The third-order valence-corrected chi connectivity index (χ3v) is 5.85. The number of rotatable bonds is 6. The van der Waals surface area contributed by atoms with Crippen molar-refractivity contribution in [2.45, 2.75) is 4.90 Å². The second-order valence-electron chi connectivity index (χ2n) is 6.47. The van der Waals surface area contributed by atoms with Crippen LogP contribution in [-0.2, 0) is 10.0 Å². The summed E-state index contributed by atoms with van der Waals surface area (Å²) in [5.74, 6) is 0.0322. The van der Waals surface area contributed by atoms with E-state index in [1.165, 1.54) is 19.2 Å². The van der Waals surface area contributed by atoms with Gasteiger partial charge in [0.05, 0.1) is 23.3 Å². The highest BCUT2D eigenvalue weighted by molar-refractivity contribution is 7.92. The predicted octanol–water partition coefficient (Wildman–Crippen LogP) is 3.62. The number of hydrogen-bond donors (Lipinski definition) is 2. The zero-order chi connectivity index (χ0) is 22.0. The lowest BCUT2D eigenvalue weighted by Crippen LogP contribution is -2.15. The fraction of sp³-hybridized carbons (Fsp3) is 0.0952. The topological polar surface area (TPSA) is 103 Å². The Bertz CT molecular complexity index is 1250. The van der Waals surface area contributed by atoms with Gasteiger partial charge < -0.3 is 19.5 Å². The van der Waals surface area contributed by atoms with Gasteiger partial charge in [-0.3, -0.25) is 9.52 Å². The molecule has 0 bridgehead atoms. The number of ether oxygens (including phenoxy) is 3. The predicted molar refractivity (Wildman–Crippen MR) is 111 cm³/mol. The number of carbonyl (C=O) groups excluding carboxylic acids is 1. The summed E-state index contributed by atoms with van der Waals surface area (Å²) >= 11 is 0. The lowest BCUT2D eigenvalue weighted by Gasteiger charge is -2.14. The van der Waals surface area contributed by atoms with Crippen molar-refractivity contribution in [2.75, 3.05) is 23.9 Å². The van der Waals surface area contributed by atoms with E-state index in [2.05, 4.69) is 10.0 Å². The van der Waals surface area contributed by atoms with Crippen molar-refractivity contribution in [1.29, 1.82) is 0 Å². The van der Waals surface area contributed by atoms with E-state index < -0.39 is 21.7 Å². The molecule has 0 unspecified atom stereocenters. The van der Waals surface area contributed by atoms with E-state index in [-0.39, 0.29) is 28.7 Å². The molecular weight excluding hydrogens is 427 g/mol. The molecule has 1 aliphatic rings. The van der Waals surface area contributed by atoms with Crippen LogP contribution >= 0.6 is 0 Å². The molecule has 0 saturated heterocycles. The first-order valence-electron chi connectivity index (χ1n) is 9.04. The summed E-state index contributed by atoms with van der Waals surface area (Å²) < 4.78 is 56.7. The summed E-state index contributed by atoms with van der Waals surface area (Å²) in [4.78, 5) is 12.6. The normalized spacial score (nSPS) is 12.3. The van der Waals surface area contributed by atoms with Gasteiger partial charge in [0, 0.05) is 5.69 Å². The van der Waals surface area contributed by atoms with Gasteiger partial charge in [-0.15, -0.1) is 0 Å². The van der Waals surface area contributed by atoms with Gasteiger partial charge in [0.15, 0.2) is 11.5 Å². The molecule has 0 saturated carbocycles. The molecule has 31 heavy (non-hydrogen) atoms. The molecule has 0 spiro atoms. The Morgan fingerprint density at radius 2 is 1.84 bits per heavy atom. The fourth-order valence-corrected chi connectivity index (χ4v) is 4.05. The van der Waals surface area contributed by atoms with Crippen LogP contribution in [-0.4, -0.2) is 28.2 Å². The van der Waals surface area contributed by atoms with Gasteiger partial charge in [-0.2, -0.15) is 0 Å². The second-order valence-corrected chi connectivity index (χ2v) is 8.15. The summed E-state index contributed by atoms with van der Waals surface area (Å²) in [6.45, 7) is 0.0253. The molecule has 0 aromatic heterocycles. The maximum atomic E-state index is 13.1. The number of halogens is 1. The number of carbonyl (C=O) groups is 1. The van der Waals surface area contributed by atoms with E-state index in [9.17, 15) is 17.6 Å². The van der Waals surface area contributed by atoms with Gasteiger partial charge in [-0.05, 0) is 54.6 Å². The highest BCUT2D eigenvalue weighted by atomic mass is 32.2. The molecule has 1 aliphatic heterocycles. The SMILES string of the molecule is COc1ccc(NC(=O)c2cccc3c2OCO3)cc1NS(=O)(=O)c1ccc(F)cc1. The van der Waals surface area contributed by atoms with Crippen molar-refractivity contribution < 1.29 is 31.8 Å². The first-order chi connectivity index (χ1) is 14.9. The molecule has 0 fully saturated rings. The first kappa shape index (κ1) is 20.5. The zero-order valence-electron chi connectivity index (χ0n) is 16.2. The van der Waals surface area contributed by atoms with E-state index in [0.29, 0.717) is 17.2 Å². The molecule has 3 aromatic rings. The number of methoxy groups -OCH3 is 1. The average Bonchev–Trinajstić information content (AvgIpc) is 3.23. The van der Waals surface area contributed by atoms with Crippen LogP contribution in [0, 0.1) is 5.82 Å². The molecule has 8 nitrogen and oxygen atoms in total. The minimum absolute atomic E-state index is 0.0253. The van der Waals surface area contributed by atoms with Crippen LogP contribution < -0.4 is 24.2 Å².